The van der Waals surface area contributed by atoms with Gasteiger partial charge < -0.3 is 9.84 Å². The van der Waals surface area contributed by atoms with Crippen LogP contribution in [0.2, 0.25) is 0 Å². The van der Waals surface area contributed by atoms with E-state index in [2.05, 4.69) is 45.2 Å². The second-order valence-corrected chi connectivity index (χ2v) is 8.63. The summed E-state index contributed by atoms with van der Waals surface area (Å²) in [5.41, 5.74) is 5.52. The van der Waals surface area contributed by atoms with Gasteiger partial charge in [0, 0.05) is 25.1 Å². The average molecular weight is 495 g/mol. The smallest absolute Gasteiger partial charge is 0.415 e. The summed E-state index contributed by atoms with van der Waals surface area (Å²) in [6.07, 6.45) is 1.37. The number of carbonyl (C=O) groups excluding carboxylic acids is 1. The first-order valence-electron chi connectivity index (χ1n) is 10.4. The number of aliphatic carboxylic acids is 1. The fraction of sp³-hybridized carbons (Fsp3) is 0.240. The first kappa shape index (κ1) is 22.0. The SMILES string of the molecule is Cc1cnc(N(CCCC(=O)O)C(=O)OCC2c3ccccc3-c3ccccc32)c(Br)c1. The third kappa shape index (κ3) is 4.53. The van der Waals surface area contributed by atoms with E-state index in [9.17, 15) is 9.59 Å². The summed E-state index contributed by atoms with van der Waals surface area (Å²) in [5.74, 6) is -0.548. The molecule has 1 aromatic heterocycles. The van der Waals surface area contributed by atoms with Crippen LogP contribution in [0, 0.1) is 6.92 Å². The highest BCUT2D eigenvalue weighted by Crippen LogP contribution is 2.44. The highest BCUT2D eigenvalue weighted by atomic mass is 79.9. The quantitative estimate of drug-likeness (QED) is 0.450. The van der Waals surface area contributed by atoms with E-state index >= 15 is 0 Å². The van der Waals surface area contributed by atoms with Gasteiger partial charge in [0.1, 0.15) is 6.61 Å². The standard InChI is InChI=1S/C25H23BrN2O4/c1-16-13-22(26)24(27-14-16)28(12-6-11-23(29)30)25(31)32-15-21-19-9-4-2-7-17(19)18-8-3-5-10-20(18)21/h2-5,7-10,13-14,21H,6,11-12,15H2,1H3,(H,29,30). The maximum Gasteiger partial charge on any atom is 0.415 e. The second kappa shape index (κ2) is 9.53. The minimum Gasteiger partial charge on any atom is -0.481 e. The van der Waals surface area contributed by atoms with Crippen LogP contribution in [-0.4, -0.2) is 35.3 Å². The molecule has 32 heavy (non-hydrogen) atoms. The van der Waals surface area contributed by atoms with Crippen LogP contribution in [0.15, 0.2) is 65.3 Å². The predicted octanol–water partition coefficient (Wildman–Crippen LogP) is 5.77. The van der Waals surface area contributed by atoms with Gasteiger partial charge in [-0.05, 0) is 63.2 Å². The Balaban J connectivity index is 1.55. The molecule has 0 aliphatic heterocycles. The molecule has 0 radical (unpaired) electrons. The van der Waals surface area contributed by atoms with Crippen LogP contribution < -0.4 is 4.90 Å². The van der Waals surface area contributed by atoms with E-state index in [1.54, 1.807) is 6.20 Å². The number of hydrogen-bond acceptors (Lipinski definition) is 4. The number of carboxylic acids is 1. The lowest BCUT2D eigenvalue weighted by Crippen LogP contribution is -2.34. The molecule has 164 valence electrons. The van der Waals surface area contributed by atoms with E-state index in [1.807, 2.05) is 37.3 Å². The monoisotopic (exact) mass is 494 g/mol. The Morgan fingerprint density at radius 1 is 1.09 bits per heavy atom. The molecule has 1 heterocycles. The molecule has 0 bridgehead atoms. The minimum atomic E-state index is -0.909. The number of aryl methyl sites for hydroxylation is 1. The van der Waals surface area contributed by atoms with E-state index in [-0.39, 0.29) is 25.5 Å². The van der Waals surface area contributed by atoms with Gasteiger partial charge in [-0.3, -0.25) is 9.69 Å². The number of fused-ring (bicyclic) bond motifs is 3. The summed E-state index contributed by atoms with van der Waals surface area (Å²) >= 11 is 3.47. The number of aromatic nitrogens is 1. The molecule has 7 heteroatoms. The number of pyridine rings is 1. The topological polar surface area (TPSA) is 79.7 Å². The first-order chi connectivity index (χ1) is 15.5. The van der Waals surface area contributed by atoms with Crippen LogP contribution in [-0.2, 0) is 9.53 Å². The van der Waals surface area contributed by atoms with Gasteiger partial charge in [0.2, 0.25) is 0 Å². The number of nitrogens with zero attached hydrogens (tertiary/aromatic N) is 2. The molecule has 1 aliphatic carbocycles. The number of anilines is 1. The van der Waals surface area contributed by atoms with Crippen molar-refractivity contribution in [3.05, 3.63) is 82.0 Å². The van der Waals surface area contributed by atoms with Crippen molar-refractivity contribution in [2.75, 3.05) is 18.1 Å². The van der Waals surface area contributed by atoms with Gasteiger partial charge in [0.05, 0.1) is 4.47 Å². The number of carboxylic acid groups (broad SMARTS) is 1. The van der Waals surface area contributed by atoms with Crippen molar-refractivity contribution in [2.45, 2.75) is 25.7 Å². The number of benzene rings is 2. The number of halogens is 1. The Morgan fingerprint density at radius 2 is 1.72 bits per heavy atom. The van der Waals surface area contributed by atoms with Crippen molar-refractivity contribution < 1.29 is 19.4 Å². The van der Waals surface area contributed by atoms with E-state index in [4.69, 9.17) is 9.84 Å². The Morgan fingerprint density at radius 3 is 2.31 bits per heavy atom. The van der Waals surface area contributed by atoms with Crippen LogP contribution in [0.4, 0.5) is 10.6 Å². The number of rotatable bonds is 7. The molecule has 0 spiro atoms. The van der Waals surface area contributed by atoms with Gasteiger partial charge in [-0.25, -0.2) is 9.78 Å². The Hall–Kier alpha value is -3.19. The summed E-state index contributed by atoms with van der Waals surface area (Å²) < 4.78 is 6.43. The van der Waals surface area contributed by atoms with E-state index in [1.165, 1.54) is 4.90 Å². The van der Waals surface area contributed by atoms with Crippen molar-refractivity contribution in [2.24, 2.45) is 0 Å². The van der Waals surface area contributed by atoms with Crippen molar-refractivity contribution in [3.8, 4) is 11.1 Å². The average Bonchev–Trinajstić information content (AvgIpc) is 3.09. The summed E-state index contributed by atoms with van der Waals surface area (Å²) in [4.78, 5) is 29.9. The molecule has 1 aliphatic rings. The van der Waals surface area contributed by atoms with Gasteiger partial charge in [0.25, 0.3) is 0 Å². The zero-order chi connectivity index (χ0) is 22.7. The molecule has 2 aromatic carbocycles. The Bertz CT molecular complexity index is 1120. The fourth-order valence-corrected chi connectivity index (χ4v) is 4.75. The molecular formula is C25H23BrN2O4. The van der Waals surface area contributed by atoms with Crippen LogP contribution in [0.3, 0.4) is 0 Å². The molecular weight excluding hydrogens is 472 g/mol. The molecule has 0 atom stereocenters. The fourth-order valence-electron chi connectivity index (χ4n) is 4.07. The van der Waals surface area contributed by atoms with E-state index in [0.29, 0.717) is 16.7 Å². The normalized spacial score (nSPS) is 12.2. The van der Waals surface area contributed by atoms with Gasteiger partial charge in [-0.15, -0.1) is 0 Å². The zero-order valence-corrected chi connectivity index (χ0v) is 19.2. The Kier molecular flexibility index (Phi) is 6.55. The number of amides is 1. The van der Waals surface area contributed by atoms with Crippen LogP contribution in [0.5, 0.6) is 0 Å². The summed E-state index contributed by atoms with van der Waals surface area (Å²) in [6, 6.07) is 18.2. The van der Waals surface area contributed by atoms with Crippen molar-refractivity contribution in [1.29, 1.82) is 0 Å². The molecule has 1 N–H and O–H groups in total. The number of carbonyl (C=O) groups is 2. The molecule has 0 unspecified atom stereocenters. The summed E-state index contributed by atoms with van der Waals surface area (Å²) in [6.45, 7) is 2.28. The maximum absolute atomic E-state index is 13.1. The highest BCUT2D eigenvalue weighted by molar-refractivity contribution is 9.10. The maximum atomic E-state index is 13.1. The number of ether oxygens (including phenoxy) is 1. The highest BCUT2D eigenvalue weighted by Gasteiger charge is 2.30. The first-order valence-corrected chi connectivity index (χ1v) is 11.2. The third-order valence-electron chi connectivity index (χ3n) is 5.54. The van der Waals surface area contributed by atoms with Gasteiger partial charge >= 0.3 is 12.1 Å². The Labute approximate surface area is 195 Å². The third-order valence-corrected chi connectivity index (χ3v) is 6.13. The zero-order valence-electron chi connectivity index (χ0n) is 17.6. The number of hydrogen-bond donors (Lipinski definition) is 1. The molecule has 4 rings (SSSR count). The molecule has 0 saturated carbocycles. The second-order valence-electron chi connectivity index (χ2n) is 7.77. The lowest BCUT2D eigenvalue weighted by Gasteiger charge is -2.23. The van der Waals surface area contributed by atoms with Crippen LogP contribution >= 0.6 is 15.9 Å². The lowest BCUT2D eigenvalue weighted by atomic mass is 9.98. The van der Waals surface area contributed by atoms with Crippen LogP contribution in [0.25, 0.3) is 11.1 Å². The lowest BCUT2D eigenvalue weighted by molar-refractivity contribution is -0.137. The minimum absolute atomic E-state index is 0.0450. The van der Waals surface area contributed by atoms with Crippen molar-refractivity contribution in [3.63, 3.8) is 0 Å². The largest absolute Gasteiger partial charge is 0.481 e. The summed E-state index contributed by atoms with van der Waals surface area (Å²) in [5, 5.41) is 9.00. The van der Waals surface area contributed by atoms with Gasteiger partial charge in [-0.2, -0.15) is 0 Å². The summed E-state index contributed by atoms with van der Waals surface area (Å²) in [7, 11) is 0. The van der Waals surface area contributed by atoms with E-state index < -0.39 is 12.1 Å². The van der Waals surface area contributed by atoms with Gasteiger partial charge in [-0.1, -0.05) is 48.5 Å². The van der Waals surface area contributed by atoms with Gasteiger partial charge in [0.15, 0.2) is 5.82 Å². The molecule has 0 saturated heterocycles. The van der Waals surface area contributed by atoms with Crippen molar-refractivity contribution in [1.82, 2.24) is 4.98 Å². The van der Waals surface area contributed by atoms with E-state index in [0.717, 1.165) is 27.8 Å². The molecule has 1 amide bonds. The molecule has 3 aromatic rings. The molecule has 0 fully saturated rings. The molecule has 6 nitrogen and oxygen atoms in total. The van der Waals surface area contributed by atoms with Crippen molar-refractivity contribution >= 4 is 33.8 Å². The van der Waals surface area contributed by atoms with Crippen LogP contribution in [0.1, 0.15) is 35.4 Å². The predicted molar refractivity (Wildman–Crippen MR) is 126 cm³/mol.